The summed E-state index contributed by atoms with van der Waals surface area (Å²) in [7, 11) is 2.12. The smallest absolute Gasteiger partial charge is 0.410 e. The summed E-state index contributed by atoms with van der Waals surface area (Å²) in [6.07, 6.45) is -0.825. The topological polar surface area (TPSA) is 56.2 Å². The lowest BCUT2D eigenvalue weighted by molar-refractivity contribution is 0.0172. The third-order valence-electron chi connectivity index (χ3n) is 4.22. The van der Waals surface area contributed by atoms with Crippen molar-refractivity contribution in [1.29, 1.82) is 0 Å². The monoisotopic (exact) mass is 299 g/mol. The predicted molar refractivity (Wildman–Crippen MR) is 81.3 cm³/mol. The molecule has 2 aliphatic heterocycles. The zero-order valence-corrected chi connectivity index (χ0v) is 13.9. The van der Waals surface area contributed by atoms with Gasteiger partial charge in [-0.1, -0.05) is 0 Å². The number of amides is 1. The molecule has 2 aliphatic rings. The maximum atomic E-state index is 12.1. The first-order chi connectivity index (χ1) is 9.67. The highest BCUT2D eigenvalue weighted by Crippen LogP contribution is 2.22. The molecule has 0 radical (unpaired) electrons. The quantitative estimate of drug-likeness (QED) is 0.768. The van der Waals surface area contributed by atoms with Gasteiger partial charge in [-0.3, -0.25) is 4.90 Å². The summed E-state index contributed by atoms with van der Waals surface area (Å²) < 4.78 is 5.40. The van der Waals surface area contributed by atoms with E-state index in [-0.39, 0.29) is 12.1 Å². The number of ether oxygens (including phenoxy) is 1. The van der Waals surface area contributed by atoms with Crippen molar-refractivity contribution in [1.82, 2.24) is 14.7 Å². The van der Waals surface area contributed by atoms with E-state index in [0.717, 1.165) is 19.6 Å². The molecule has 2 unspecified atom stereocenters. The first-order valence-electron chi connectivity index (χ1n) is 7.77. The molecule has 6 nitrogen and oxygen atoms in total. The molecular formula is C15H29N3O3. The largest absolute Gasteiger partial charge is 0.444 e. The van der Waals surface area contributed by atoms with Crippen molar-refractivity contribution in [3.05, 3.63) is 0 Å². The van der Waals surface area contributed by atoms with E-state index in [1.807, 2.05) is 20.8 Å². The SMILES string of the molecule is C[C@H]1CN(C)CCN1C1CN(C(=O)OC(C)(C)C)CC1O. The van der Waals surface area contributed by atoms with Gasteiger partial charge in [0.25, 0.3) is 0 Å². The lowest BCUT2D eigenvalue weighted by Gasteiger charge is -2.42. The highest BCUT2D eigenvalue weighted by Gasteiger charge is 2.41. The van der Waals surface area contributed by atoms with Crippen LogP contribution in [0.3, 0.4) is 0 Å². The second kappa shape index (κ2) is 6.10. The molecule has 0 saturated carbocycles. The summed E-state index contributed by atoms with van der Waals surface area (Å²) in [4.78, 5) is 18.4. The third-order valence-corrected chi connectivity index (χ3v) is 4.22. The Kier molecular flexibility index (Phi) is 4.80. The molecule has 2 heterocycles. The van der Waals surface area contributed by atoms with Crippen LogP contribution in [0.4, 0.5) is 4.79 Å². The first kappa shape index (κ1) is 16.5. The molecule has 2 saturated heterocycles. The molecule has 21 heavy (non-hydrogen) atoms. The molecule has 2 rings (SSSR count). The fourth-order valence-corrected chi connectivity index (χ4v) is 3.22. The van der Waals surface area contributed by atoms with Crippen molar-refractivity contribution < 1.29 is 14.6 Å². The Morgan fingerprint density at radius 3 is 2.43 bits per heavy atom. The standard InChI is InChI=1S/C15H29N3O3/c1-11-8-16(5)6-7-18(11)12-9-17(10-13(12)19)14(20)21-15(2,3)4/h11-13,19H,6-10H2,1-5H3/t11-,12?,13?/m0/s1. The average Bonchev–Trinajstić information content (AvgIpc) is 2.69. The van der Waals surface area contributed by atoms with Gasteiger partial charge < -0.3 is 19.6 Å². The summed E-state index contributed by atoms with van der Waals surface area (Å²) in [6, 6.07) is 0.406. The normalized spacial score (nSPS) is 32.5. The van der Waals surface area contributed by atoms with E-state index in [4.69, 9.17) is 4.74 Å². The Hall–Kier alpha value is -0.850. The van der Waals surface area contributed by atoms with Crippen molar-refractivity contribution in [3.8, 4) is 0 Å². The molecule has 0 spiro atoms. The summed E-state index contributed by atoms with van der Waals surface area (Å²) >= 11 is 0. The van der Waals surface area contributed by atoms with Crippen LogP contribution in [-0.2, 0) is 4.74 Å². The summed E-state index contributed by atoms with van der Waals surface area (Å²) in [5.41, 5.74) is -0.499. The molecule has 0 aromatic carbocycles. The Morgan fingerprint density at radius 1 is 1.19 bits per heavy atom. The minimum Gasteiger partial charge on any atom is -0.444 e. The van der Waals surface area contributed by atoms with E-state index in [2.05, 4.69) is 23.8 Å². The van der Waals surface area contributed by atoms with Gasteiger partial charge in [-0.25, -0.2) is 4.79 Å². The maximum absolute atomic E-state index is 12.1. The van der Waals surface area contributed by atoms with E-state index in [1.165, 1.54) is 0 Å². The van der Waals surface area contributed by atoms with Crippen LogP contribution in [-0.4, -0.2) is 89.5 Å². The lowest BCUT2D eigenvalue weighted by Crippen LogP contribution is -2.57. The summed E-state index contributed by atoms with van der Waals surface area (Å²) in [5.74, 6) is 0. The number of likely N-dealkylation sites (N-methyl/N-ethyl adjacent to an activating group) is 1. The number of piperazine rings is 1. The van der Waals surface area contributed by atoms with Gasteiger partial charge in [-0.05, 0) is 34.7 Å². The molecule has 6 heteroatoms. The van der Waals surface area contributed by atoms with Crippen molar-refractivity contribution in [2.75, 3.05) is 39.8 Å². The van der Waals surface area contributed by atoms with Gasteiger partial charge in [-0.15, -0.1) is 0 Å². The van der Waals surface area contributed by atoms with Gasteiger partial charge in [0.1, 0.15) is 5.60 Å². The summed E-state index contributed by atoms with van der Waals surface area (Å²) in [5, 5.41) is 10.3. The number of rotatable bonds is 1. The van der Waals surface area contributed by atoms with Gasteiger partial charge >= 0.3 is 6.09 Å². The molecule has 0 aliphatic carbocycles. The van der Waals surface area contributed by atoms with Gasteiger partial charge in [0.15, 0.2) is 0 Å². The first-order valence-corrected chi connectivity index (χ1v) is 7.77. The van der Waals surface area contributed by atoms with E-state index < -0.39 is 11.7 Å². The van der Waals surface area contributed by atoms with Crippen molar-refractivity contribution in [2.24, 2.45) is 0 Å². The Morgan fingerprint density at radius 2 is 1.86 bits per heavy atom. The Labute approximate surface area is 127 Å². The number of nitrogens with zero attached hydrogens (tertiary/aromatic N) is 3. The number of aliphatic hydroxyl groups excluding tert-OH is 1. The summed E-state index contributed by atoms with van der Waals surface area (Å²) in [6.45, 7) is 11.6. The molecule has 1 N–H and O–H groups in total. The molecule has 122 valence electrons. The van der Waals surface area contributed by atoms with E-state index in [0.29, 0.717) is 19.1 Å². The van der Waals surface area contributed by atoms with Crippen LogP contribution < -0.4 is 0 Å². The zero-order chi connectivity index (χ0) is 15.8. The number of aliphatic hydroxyl groups is 1. The molecule has 0 aromatic heterocycles. The van der Waals surface area contributed by atoms with Crippen LogP contribution in [0.5, 0.6) is 0 Å². The van der Waals surface area contributed by atoms with Crippen molar-refractivity contribution >= 4 is 6.09 Å². The number of hydrogen-bond acceptors (Lipinski definition) is 5. The number of hydrogen-bond donors (Lipinski definition) is 1. The molecule has 3 atom stereocenters. The minimum absolute atomic E-state index is 0.0150. The van der Waals surface area contributed by atoms with Gasteiger partial charge in [0, 0.05) is 32.2 Å². The van der Waals surface area contributed by atoms with Crippen LogP contribution in [0.25, 0.3) is 0 Å². The zero-order valence-electron chi connectivity index (χ0n) is 13.9. The molecule has 2 fully saturated rings. The second-order valence-electron chi connectivity index (χ2n) is 7.37. The second-order valence-corrected chi connectivity index (χ2v) is 7.37. The van der Waals surface area contributed by atoms with Crippen molar-refractivity contribution in [3.63, 3.8) is 0 Å². The van der Waals surface area contributed by atoms with Crippen LogP contribution in [0.15, 0.2) is 0 Å². The van der Waals surface area contributed by atoms with Crippen LogP contribution >= 0.6 is 0 Å². The number of likely N-dealkylation sites (tertiary alicyclic amines) is 1. The van der Waals surface area contributed by atoms with Gasteiger partial charge in [0.2, 0.25) is 0 Å². The minimum atomic E-state index is -0.499. The predicted octanol–water partition coefficient (Wildman–Crippen LogP) is 0.603. The average molecular weight is 299 g/mol. The highest BCUT2D eigenvalue weighted by atomic mass is 16.6. The lowest BCUT2D eigenvalue weighted by atomic mass is 10.1. The Bertz CT molecular complexity index is 383. The van der Waals surface area contributed by atoms with Crippen LogP contribution in [0.2, 0.25) is 0 Å². The van der Waals surface area contributed by atoms with Crippen LogP contribution in [0, 0.1) is 0 Å². The number of carbonyl (C=O) groups is 1. The van der Waals surface area contributed by atoms with Gasteiger partial charge in [0.05, 0.1) is 18.7 Å². The van der Waals surface area contributed by atoms with Crippen LogP contribution in [0.1, 0.15) is 27.7 Å². The number of carbonyl (C=O) groups excluding carboxylic acids is 1. The fraction of sp³-hybridized carbons (Fsp3) is 0.933. The van der Waals surface area contributed by atoms with Gasteiger partial charge in [-0.2, -0.15) is 0 Å². The van der Waals surface area contributed by atoms with E-state index in [1.54, 1.807) is 4.90 Å². The highest BCUT2D eigenvalue weighted by molar-refractivity contribution is 5.68. The molecule has 1 amide bonds. The molecule has 0 bridgehead atoms. The fourth-order valence-electron chi connectivity index (χ4n) is 3.22. The Balaban J connectivity index is 1.96. The number of β-amino-alcohol motifs (C(OH)–C–C–N with tert-alkyl or cyclic N) is 1. The molecule has 0 aromatic rings. The van der Waals surface area contributed by atoms with E-state index >= 15 is 0 Å². The molecular weight excluding hydrogens is 270 g/mol. The van der Waals surface area contributed by atoms with E-state index in [9.17, 15) is 9.90 Å². The maximum Gasteiger partial charge on any atom is 0.410 e. The third kappa shape index (κ3) is 4.08. The van der Waals surface area contributed by atoms with Crippen molar-refractivity contribution in [2.45, 2.75) is 51.5 Å².